The van der Waals surface area contributed by atoms with Crippen molar-refractivity contribution >= 4 is 11.6 Å². The molecular formula is C15H11ClN4O. The van der Waals surface area contributed by atoms with Gasteiger partial charge < -0.3 is 9.84 Å². The summed E-state index contributed by atoms with van der Waals surface area (Å²) < 4.78 is 5.34. The average Bonchev–Trinajstić information content (AvgIpc) is 3.16. The third-order valence-corrected chi connectivity index (χ3v) is 3.79. The monoisotopic (exact) mass is 298 g/mol. The molecule has 2 aromatic heterocycles. The van der Waals surface area contributed by atoms with Gasteiger partial charge in [-0.2, -0.15) is 4.98 Å². The van der Waals surface area contributed by atoms with Crippen LogP contribution in [0.1, 0.15) is 11.1 Å². The Labute approximate surface area is 126 Å². The zero-order valence-electron chi connectivity index (χ0n) is 11.0. The lowest BCUT2D eigenvalue weighted by Gasteiger charge is -1.99. The van der Waals surface area contributed by atoms with Crippen molar-refractivity contribution in [2.45, 2.75) is 13.1 Å². The maximum Gasteiger partial charge on any atom is 0.258 e. The molecule has 0 saturated heterocycles. The Morgan fingerprint density at radius 3 is 2.95 bits per heavy atom. The molecule has 3 aromatic rings. The lowest BCUT2D eigenvalue weighted by Crippen LogP contribution is -1.99. The first-order chi connectivity index (χ1) is 10.3. The lowest BCUT2D eigenvalue weighted by atomic mass is 10.1. The van der Waals surface area contributed by atoms with Crippen LogP contribution < -0.4 is 5.32 Å². The Balaban J connectivity index is 1.73. The van der Waals surface area contributed by atoms with E-state index in [9.17, 15) is 0 Å². The molecule has 0 atom stereocenters. The smallest absolute Gasteiger partial charge is 0.258 e. The fraction of sp³-hybridized carbons (Fsp3) is 0.133. The van der Waals surface area contributed by atoms with Crippen LogP contribution >= 0.6 is 11.6 Å². The number of hydrogen-bond acceptors (Lipinski definition) is 5. The summed E-state index contributed by atoms with van der Waals surface area (Å²) in [5.41, 5.74) is 4.01. The number of nitrogens with zero attached hydrogens (tertiary/aromatic N) is 3. The summed E-state index contributed by atoms with van der Waals surface area (Å²) in [7, 11) is 0. The van der Waals surface area contributed by atoms with E-state index in [-0.39, 0.29) is 0 Å². The zero-order chi connectivity index (χ0) is 14.2. The van der Waals surface area contributed by atoms with E-state index in [2.05, 4.69) is 32.6 Å². The first-order valence-corrected chi connectivity index (χ1v) is 6.96. The minimum Gasteiger partial charge on any atom is -0.334 e. The van der Waals surface area contributed by atoms with Gasteiger partial charge in [-0.05, 0) is 35.4 Å². The van der Waals surface area contributed by atoms with Crippen LogP contribution in [0.15, 0.2) is 41.1 Å². The second kappa shape index (κ2) is 4.95. The highest BCUT2D eigenvalue weighted by atomic mass is 35.5. The molecule has 0 bridgehead atoms. The highest BCUT2D eigenvalue weighted by molar-refractivity contribution is 6.32. The van der Waals surface area contributed by atoms with E-state index in [1.807, 2.05) is 6.07 Å². The van der Waals surface area contributed by atoms with Gasteiger partial charge in [-0.3, -0.25) is 4.98 Å². The number of aromatic nitrogens is 3. The summed E-state index contributed by atoms with van der Waals surface area (Å²) in [6.45, 7) is 1.78. The summed E-state index contributed by atoms with van der Waals surface area (Å²) in [5.74, 6) is 0.871. The standard InChI is InChI=1S/C15H11ClN4O/c16-12-2-1-5-18-13(12)14-19-15(21-20-14)9-3-4-10-7-17-8-11(10)6-9/h1-6,17H,7-8H2. The molecule has 1 aliphatic heterocycles. The molecule has 104 valence electrons. The summed E-state index contributed by atoms with van der Waals surface area (Å²) in [5, 5.41) is 7.78. The quantitative estimate of drug-likeness (QED) is 0.788. The molecule has 1 aromatic carbocycles. The molecule has 0 saturated carbocycles. The first-order valence-electron chi connectivity index (χ1n) is 6.59. The van der Waals surface area contributed by atoms with Crippen LogP contribution in [0.5, 0.6) is 0 Å². The zero-order valence-corrected chi connectivity index (χ0v) is 11.8. The molecule has 1 aliphatic rings. The Morgan fingerprint density at radius 2 is 2.05 bits per heavy atom. The molecule has 1 N–H and O–H groups in total. The number of hydrogen-bond donors (Lipinski definition) is 1. The van der Waals surface area contributed by atoms with E-state index < -0.39 is 0 Å². The van der Waals surface area contributed by atoms with Crippen molar-refractivity contribution in [1.29, 1.82) is 0 Å². The van der Waals surface area contributed by atoms with Crippen LogP contribution in [0.4, 0.5) is 0 Å². The fourth-order valence-corrected chi connectivity index (χ4v) is 2.62. The van der Waals surface area contributed by atoms with E-state index in [4.69, 9.17) is 16.1 Å². The average molecular weight is 299 g/mol. The fourth-order valence-electron chi connectivity index (χ4n) is 2.41. The number of nitrogens with one attached hydrogen (secondary N) is 1. The Hall–Kier alpha value is -2.24. The van der Waals surface area contributed by atoms with E-state index in [0.29, 0.717) is 22.4 Å². The van der Waals surface area contributed by atoms with Gasteiger partial charge in [0, 0.05) is 24.8 Å². The summed E-state index contributed by atoms with van der Waals surface area (Å²) >= 11 is 6.10. The van der Waals surface area contributed by atoms with Crippen molar-refractivity contribution in [1.82, 2.24) is 20.4 Å². The second-order valence-electron chi connectivity index (χ2n) is 4.84. The van der Waals surface area contributed by atoms with Gasteiger partial charge in [0.15, 0.2) is 0 Å². The minimum atomic E-state index is 0.397. The van der Waals surface area contributed by atoms with E-state index in [1.54, 1.807) is 18.3 Å². The predicted molar refractivity (Wildman–Crippen MR) is 78.5 cm³/mol. The van der Waals surface area contributed by atoms with Crippen LogP contribution in [0.2, 0.25) is 5.02 Å². The van der Waals surface area contributed by atoms with Gasteiger partial charge in [0.25, 0.3) is 5.89 Å². The summed E-state index contributed by atoms with van der Waals surface area (Å²) in [6.07, 6.45) is 1.65. The molecule has 0 unspecified atom stereocenters. The van der Waals surface area contributed by atoms with Crippen molar-refractivity contribution in [3.05, 3.63) is 52.7 Å². The number of halogens is 1. The molecule has 6 heteroatoms. The van der Waals surface area contributed by atoms with Gasteiger partial charge in [0.1, 0.15) is 5.69 Å². The van der Waals surface area contributed by atoms with Gasteiger partial charge in [0.2, 0.25) is 5.82 Å². The third kappa shape index (κ3) is 2.20. The summed E-state index contributed by atoms with van der Waals surface area (Å²) in [4.78, 5) is 8.58. The highest BCUT2D eigenvalue weighted by Crippen LogP contribution is 2.27. The Kier molecular flexibility index (Phi) is 2.94. The molecule has 3 heterocycles. The van der Waals surface area contributed by atoms with Gasteiger partial charge in [-0.1, -0.05) is 22.8 Å². The lowest BCUT2D eigenvalue weighted by molar-refractivity contribution is 0.432. The van der Waals surface area contributed by atoms with Crippen molar-refractivity contribution in [2.24, 2.45) is 0 Å². The molecule has 21 heavy (non-hydrogen) atoms. The molecule has 5 nitrogen and oxygen atoms in total. The minimum absolute atomic E-state index is 0.397. The van der Waals surface area contributed by atoms with Crippen LogP contribution in [0.3, 0.4) is 0 Å². The molecule has 0 radical (unpaired) electrons. The normalized spacial score (nSPS) is 13.4. The molecule has 0 amide bonds. The van der Waals surface area contributed by atoms with Crippen molar-refractivity contribution < 1.29 is 4.52 Å². The highest BCUT2D eigenvalue weighted by Gasteiger charge is 2.16. The summed E-state index contributed by atoms with van der Waals surface area (Å²) in [6, 6.07) is 9.67. The SMILES string of the molecule is Clc1cccnc1-c1noc(-c2ccc3c(c2)CNC3)n1. The Morgan fingerprint density at radius 1 is 1.14 bits per heavy atom. The van der Waals surface area contributed by atoms with Crippen molar-refractivity contribution in [3.63, 3.8) is 0 Å². The van der Waals surface area contributed by atoms with Crippen LogP contribution in [0, 0.1) is 0 Å². The van der Waals surface area contributed by atoms with Crippen LogP contribution in [-0.4, -0.2) is 15.1 Å². The molecule has 0 aliphatic carbocycles. The molecule has 4 rings (SSSR count). The van der Waals surface area contributed by atoms with Gasteiger partial charge in [0.05, 0.1) is 5.02 Å². The van der Waals surface area contributed by atoms with Crippen molar-refractivity contribution in [2.75, 3.05) is 0 Å². The van der Waals surface area contributed by atoms with Gasteiger partial charge in [-0.25, -0.2) is 0 Å². The maximum absolute atomic E-state index is 6.10. The van der Waals surface area contributed by atoms with E-state index in [0.717, 1.165) is 18.7 Å². The molecule has 0 spiro atoms. The molecular weight excluding hydrogens is 288 g/mol. The number of pyridine rings is 1. The third-order valence-electron chi connectivity index (χ3n) is 3.48. The largest absolute Gasteiger partial charge is 0.334 e. The topological polar surface area (TPSA) is 63.8 Å². The second-order valence-corrected chi connectivity index (χ2v) is 5.25. The van der Waals surface area contributed by atoms with E-state index in [1.165, 1.54) is 11.1 Å². The van der Waals surface area contributed by atoms with E-state index >= 15 is 0 Å². The van der Waals surface area contributed by atoms with Crippen molar-refractivity contribution in [3.8, 4) is 23.0 Å². The number of fused-ring (bicyclic) bond motifs is 1. The number of benzene rings is 1. The van der Waals surface area contributed by atoms with Crippen LogP contribution in [-0.2, 0) is 13.1 Å². The number of rotatable bonds is 2. The first kappa shape index (κ1) is 12.5. The van der Waals surface area contributed by atoms with Gasteiger partial charge in [-0.15, -0.1) is 0 Å². The van der Waals surface area contributed by atoms with Crippen LogP contribution in [0.25, 0.3) is 23.0 Å². The van der Waals surface area contributed by atoms with Gasteiger partial charge >= 0.3 is 0 Å². The predicted octanol–water partition coefficient (Wildman–Crippen LogP) is 3.06. The Bertz CT molecular complexity index is 815. The molecule has 0 fully saturated rings. The maximum atomic E-state index is 6.10.